The summed E-state index contributed by atoms with van der Waals surface area (Å²) in [6.07, 6.45) is 3.75. The van der Waals surface area contributed by atoms with Crippen molar-refractivity contribution in [3.8, 4) is 0 Å². The number of carbonyl (C=O) groups is 5. The van der Waals surface area contributed by atoms with Gasteiger partial charge in [-0.25, -0.2) is 9.59 Å². The van der Waals surface area contributed by atoms with Gasteiger partial charge in [0.15, 0.2) is 0 Å². The highest BCUT2D eigenvalue weighted by molar-refractivity contribution is 6.30. The maximum atomic E-state index is 13.1. The molecule has 4 amide bonds. The fourth-order valence-corrected chi connectivity index (χ4v) is 5.87. The van der Waals surface area contributed by atoms with E-state index in [0.717, 1.165) is 24.8 Å². The third-order valence-corrected chi connectivity index (χ3v) is 8.70. The largest absolute Gasteiger partial charge is 0.464 e. The predicted molar refractivity (Wildman–Crippen MR) is 172 cm³/mol. The van der Waals surface area contributed by atoms with Crippen molar-refractivity contribution in [2.75, 3.05) is 39.3 Å². The van der Waals surface area contributed by atoms with Crippen molar-refractivity contribution < 1.29 is 33.4 Å². The number of nitrogens with one attached hydrogen (secondary N) is 2. The first-order valence-electron chi connectivity index (χ1n) is 16.0. The second-order valence-electron chi connectivity index (χ2n) is 11.7. The molecule has 11 nitrogen and oxygen atoms in total. The van der Waals surface area contributed by atoms with Crippen LogP contribution in [0.4, 0.5) is 4.79 Å². The normalized spacial score (nSPS) is 17.5. The van der Waals surface area contributed by atoms with Crippen molar-refractivity contribution in [3.05, 3.63) is 70.7 Å². The lowest BCUT2D eigenvalue weighted by atomic mass is 9.91. The SMILES string of the molecule is CCOC(=O)C(CNC(=O)[C@@H]1CCCN(C(=O)CCC2CCN(C(=O)OCc3ccccc3)CC2)C1)NC(=O)c1ccc(Cl)cc1. The number of halogens is 1. The van der Waals surface area contributed by atoms with Gasteiger partial charge in [-0.05, 0) is 74.8 Å². The minimum Gasteiger partial charge on any atom is -0.464 e. The van der Waals surface area contributed by atoms with E-state index in [2.05, 4.69) is 10.6 Å². The fraction of sp³-hybridized carbons (Fsp3) is 0.500. The van der Waals surface area contributed by atoms with E-state index < -0.39 is 23.8 Å². The quantitative estimate of drug-likeness (QED) is 0.328. The predicted octanol–water partition coefficient (Wildman–Crippen LogP) is 4.19. The molecule has 12 heteroatoms. The monoisotopic (exact) mass is 654 g/mol. The van der Waals surface area contributed by atoms with Crippen LogP contribution in [0.15, 0.2) is 54.6 Å². The molecule has 2 N–H and O–H groups in total. The van der Waals surface area contributed by atoms with Gasteiger partial charge in [-0.2, -0.15) is 0 Å². The average Bonchev–Trinajstić information content (AvgIpc) is 3.08. The number of likely N-dealkylation sites (tertiary alicyclic amines) is 2. The van der Waals surface area contributed by atoms with E-state index in [-0.39, 0.29) is 37.7 Å². The maximum Gasteiger partial charge on any atom is 0.410 e. The number of amides is 4. The maximum absolute atomic E-state index is 13.1. The van der Waals surface area contributed by atoms with Gasteiger partial charge in [0.05, 0.1) is 12.5 Å². The first-order valence-corrected chi connectivity index (χ1v) is 16.4. The van der Waals surface area contributed by atoms with Crippen molar-refractivity contribution in [2.24, 2.45) is 11.8 Å². The van der Waals surface area contributed by atoms with Crippen LogP contribution >= 0.6 is 11.6 Å². The van der Waals surface area contributed by atoms with Crippen molar-refractivity contribution in [1.82, 2.24) is 20.4 Å². The molecule has 2 saturated heterocycles. The first kappa shape index (κ1) is 34.7. The number of benzene rings is 2. The molecule has 46 heavy (non-hydrogen) atoms. The Morgan fingerprint density at radius 3 is 2.33 bits per heavy atom. The van der Waals surface area contributed by atoms with E-state index in [9.17, 15) is 24.0 Å². The van der Waals surface area contributed by atoms with Crippen LogP contribution in [-0.2, 0) is 30.5 Å². The van der Waals surface area contributed by atoms with Gasteiger partial charge >= 0.3 is 12.1 Å². The Balaban J connectivity index is 1.18. The lowest BCUT2D eigenvalue weighted by Crippen LogP contribution is -2.51. The van der Waals surface area contributed by atoms with Gasteiger partial charge in [0.1, 0.15) is 12.6 Å². The van der Waals surface area contributed by atoms with Gasteiger partial charge in [-0.15, -0.1) is 0 Å². The van der Waals surface area contributed by atoms with Gasteiger partial charge in [0.2, 0.25) is 11.8 Å². The Morgan fingerprint density at radius 2 is 1.63 bits per heavy atom. The van der Waals surface area contributed by atoms with Crippen LogP contribution in [0.25, 0.3) is 0 Å². The molecule has 0 saturated carbocycles. The molecule has 2 aromatic rings. The van der Waals surface area contributed by atoms with Gasteiger partial charge in [-0.1, -0.05) is 41.9 Å². The molecule has 2 heterocycles. The van der Waals surface area contributed by atoms with Gasteiger partial charge in [-0.3, -0.25) is 14.4 Å². The molecule has 2 aliphatic heterocycles. The lowest BCUT2D eigenvalue weighted by Gasteiger charge is -2.34. The Labute approximate surface area is 274 Å². The van der Waals surface area contributed by atoms with E-state index in [4.69, 9.17) is 21.1 Å². The molecule has 248 valence electrons. The lowest BCUT2D eigenvalue weighted by molar-refractivity contribution is -0.145. The molecule has 1 unspecified atom stereocenters. The summed E-state index contributed by atoms with van der Waals surface area (Å²) in [5.74, 6) is -1.49. The zero-order chi connectivity index (χ0) is 32.9. The zero-order valence-electron chi connectivity index (χ0n) is 26.3. The summed E-state index contributed by atoms with van der Waals surface area (Å²) in [7, 11) is 0. The van der Waals surface area contributed by atoms with Crippen molar-refractivity contribution in [1.29, 1.82) is 0 Å². The number of rotatable bonds is 12. The molecular formula is C34H43ClN4O7. The fourth-order valence-electron chi connectivity index (χ4n) is 5.74. The Hall–Kier alpha value is -4.12. The highest BCUT2D eigenvalue weighted by atomic mass is 35.5. The minimum absolute atomic E-state index is 0.0156. The molecule has 0 aliphatic carbocycles. The highest BCUT2D eigenvalue weighted by Crippen LogP contribution is 2.24. The molecule has 0 spiro atoms. The van der Waals surface area contributed by atoms with E-state index in [1.54, 1.807) is 41.0 Å². The second-order valence-corrected chi connectivity index (χ2v) is 12.2. The summed E-state index contributed by atoms with van der Waals surface area (Å²) in [6, 6.07) is 14.7. The molecule has 2 fully saturated rings. The van der Waals surface area contributed by atoms with Gasteiger partial charge < -0.3 is 29.9 Å². The zero-order valence-corrected chi connectivity index (χ0v) is 27.0. The summed E-state index contributed by atoms with van der Waals surface area (Å²) in [5.41, 5.74) is 1.26. The molecule has 4 rings (SSSR count). The van der Waals surface area contributed by atoms with Crippen LogP contribution in [0.3, 0.4) is 0 Å². The number of nitrogens with zero attached hydrogens (tertiary/aromatic N) is 2. The Kier molecular flexibility index (Phi) is 13.3. The summed E-state index contributed by atoms with van der Waals surface area (Å²) in [5, 5.41) is 5.88. The van der Waals surface area contributed by atoms with Crippen molar-refractivity contribution in [2.45, 2.75) is 58.1 Å². The van der Waals surface area contributed by atoms with E-state index in [0.29, 0.717) is 61.9 Å². The minimum atomic E-state index is -1.08. The van der Waals surface area contributed by atoms with Gasteiger partial charge in [0.25, 0.3) is 5.91 Å². The van der Waals surface area contributed by atoms with Crippen LogP contribution in [0, 0.1) is 11.8 Å². The number of esters is 1. The van der Waals surface area contributed by atoms with Gasteiger partial charge in [0, 0.05) is 49.7 Å². The van der Waals surface area contributed by atoms with Crippen LogP contribution in [0.2, 0.25) is 5.02 Å². The second kappa shape index (κ2) is 17.5. The van der Waals surface area contributed by atoms with E-state index >= 15 is 0 Å². The van der Waals surface area contributed by atoms with E-state index in [1.165, 1.54) is 0 Å². The summed E-state index contributed by atoms with van der Waals surface area (Å²) in [4.78, 5) is 67.4. The Morgan fingerprint density at radius 1 is 0.913 bits per heavy atom. The van der Waals surface area contributed by atoms with Crippen LogP contribution < -0.4 is 10.6 Å². The number of piperidine rings is 2. The molecule has 0 radical (unpaired) electrons. The number of hydrogen-bond acceptors (Lipinski definition) is 7. The Bertz CT molecular complexity index is 1330. The van der Waals surface area contributed by atoms with Crippen LogP contribution in [0.5, 0.6) is 0 Å². The third kappa shape index (κ3) is 10.5. The van der Waals surface area contributed by atoms with Crippen LogP contribution in [0.1, 0.15) is 61.4 Å². The molecule has 2 atom stereocenters. The molecular weight excluding hydrogens is 612 g/mol. The van der Waals surface area contributed by atoms with Crippen LogP contribution in [-0.4, -0.2) is 85.0 Å². The molecule has 2 aliphatic rings. The smallest absolute Gasteiger partial charge is 0.410 e. The topological polar surface area (TPSA) is 134 Å². The molecule has 0 bridgehead atoms. The average molecular weight is 655 g/mol. The number of hydrogen-bond donors (Lipinski definition) is 2. The molecule has 0 aromatic heterocycles. The van der Waals surface area contributed by atoms with E-state index in [1.807, 2.05) is 30.3 Å². The summed E-state index contributed by atoms with van der Waals surface area (Å²) >= 11 is 5.90. The summed E-state index contributed by atoms with van der Waals surface area (Å²) < 4.78 is 10.6. The third-order valence-electron chi connectivity index (χ3n) is 8.45. The van der Waals surface area contributed by atoms with Crippen molar-refractivity contribution >= 4 is 41.4 Å². The molecule has 2 aromatic carbocycles. The summed E-state index contributed by atoms with van der Waals surface area (Å²) in [6.45, 7) is 4.00. The highest BCUT2D eigenvalue weighted by Gasteiger charge is 2.31. The standard InChI is InChI=1S/C34H43ClN4O7/c1-2-45-33(43)29(37-32(42)26-11-13-28(35)14-12-26)21-36-31(41)27-9-6-18-39(22-27)30(40)15-10-24-16-19-38(20-17-24)34(44)46-23-25-7-4-3-5-8-25/h3-5,7-8,11-14,24,27,29H,2,6,9-10,15-23H2,1H3,(H,36,41)(H,37,42)/t27-,29?/m1/s1. The van der Waals surface area contributed by atoms with Crippen molar-refractivity contribution in [3.63, 3.8) is 0 Å². The number of ether oxygens (including phenoxy) is 2. The number of carbonyl (C=O) groups excluding carboxylic acids is 5. The first-order chi connectivity index (χ1) is 22.2.